The molecule has 1 aliphatic heterocycles. The Hall–Kier alpha value is -2.16. The van der Waals surface area contributed by atoms with Gasteiger partial charge in [0, 0.05) is 32.7 Å². The molecule has 0 unspecified atom stereocenters. The minimum atomic E-state index is -3.68. The number of methoxy groups -OCH3 is 2. The lowest BCUT2D eigenvalue weighted by Gasteiger charge is -2.34. The summed E-state index contributed by atoms with van der Waals surface area (Å²) < 4.78 is 51.0. The lowest BCUT2D eigenvalue weighted by molar-refractivity contribution is 0.181. The summed E-state index contributed by atoms with van der Waals surface area (Å²) in [4.78, 5) is 2.20. The minimum absolute atomic E-state index is 0.00307. The Balaban J connectivity index is 1.68. The largest absolute Gasteiger partial charge is 0.493 e. The Kier molecular flexibility index (Phi) is 6.22. The van der Waals surface area contributed by atoms with Crippen molar-refractivity contribution >= 4 is 10.0 Å². The average molecular weight is 408 g/mol. The highest BCUT2D eigenvalue weighted by molar-refractivity contribution is 7.89. The molecule has 28 heavy (non-hydrogen) atoms. The molecular formula is C20H25FN2O4S. The van der Waals surface area contributed by atoms with Crippen LogP contribution in [0.25, 0.3) is 0 Å². The molecule has 0 atom stereocenters. The number of ether oxygens (including phenoxy) is 2. The first kappa shape index (κ1) is 20.6. The molecule has 8 heteroatoms. The SMILES string of the molecule is COc1cc(C)c(CN2CCN(S(=O)(=O)c3cccc(F)c3)CC2)cc1OC. The van der Waals surface area contributed by atoms with Gasteiger partial charge in [0.2, 0.25) is 10.0 Å². The van der Waals surface area contributed by atoms with Crippen LogP contribution < -0.4 is 9.47 Å². The maximum atomic E-state index is 13.4. The molecule has 0 aromatic heterocycles. The Bertz CT molecular complexity index is 941. The molecule has 0 N–H and O–H groups in total. The van der Waals surface area contributed by atoms with Gasteiger partial charge in [0.1, 0.15) is 5.82 Å². The average Bonchev–Trinajstić information content (AvgIpc) is 2.69. The van der Waals surface area contributed by atoms with Gasteiger partial charge in [-0.3, -0.25) is 4.90 Å². The number of benzene rings is 2. The Morgan fingerprint density at radius 1 is 1.00 bits per heavy atom. The van der Waals surface area contributed by atoms with Gasteiger partial charge in [-0.2, -0.15) is 4.31 Å². The zero-order valence-corrected chi connectivity index (χ0v) is 17.1. The standard InChI is InChI=1S/C20H25FN2O4S/c1-15-11-19(26-2)20(27-3)12-16(15)14-22-7-9-23(10-8-22)28(24,25)18-6-4-5-17(21)13-18/h4-6,11-13H,7-10,14H2,1-3H3. The lowest BCUT2D eigenvalue weighted by Crippen LogP contribution is -2.48. The normalized spacial score (nSPS) is 16.1. The number of nitrogens with zero attached hydrogens (tertiary/aromatic N) is 2. The summed E-state index contributed by atoms with van der Waals surface area (Å²) in [5.41, 5.74) is 2.20. The molecule has 2 aromatic carbocycles. The summed E-state index contributed by atoms with van der Waals surface area (Å²) in [5.74, 6) is 0.814. The van der Waals surface area contributed by atoms with Gasteiger partial charge in [-0.15, -0.1) is 0 Å². The van der Waals surface area contributed by atoms with Crippen molar-refractivity contribution in [1.29, 1.82) is 0 Å². The van der Waals surface area contributed by atoms with Crippen molar-refractivity contribution in [1.82, 2.24) is 9.21 Å². The third-order valence-corrected chi connectivity index (χ3v) is 6.90. The van der Waals surface area contributed by atoms with E-state index >= 15 is 0 Å². The molecule has 1 aliphatic rings. The second kappa shape index (κ2) is 8.46. The van der Waals surface area contributed by atoms with Crippen LogP contribution in [0.15, 0.2) is 41.3 Å². The van der Waals surface area contributed by atoms with Crippen LogP contribution in [0.4, 0.5) is 4.39 Å². The van der Waals surface area contributed by atoms with Crippen molar-refractivity contribution in [3.05, 3.63) is 53.3 Å². The van der Waals surface area contributed by atoms with E-state index < -0.39 is 15.8 Å². The van der Waals surface area contributed by atoms with E-state index in [-0.39, 0.29) is 4.90 Å². The van der Waals surface area contributed by atoms with Crippen LogP contribution in [0.3, 0.4) is 0 Å². The highest BCUT2D eigenvalue weighted by atomic mass is 32.2. The quantitative estimate of drug-likeness (QED) is 0.736. The van der Waals surface area contributed by atoms with Gasteiger partial charge in [-0.1, -0.05) is 6.07 Å². The molecule has 1 saturated heterocycles. The number of hydrogen-bond acceptors (Lipinski definition) is 5. The van der Waals surface area contributed by atoms with Crippen LogP contribution in [-0.2, 0) is 16.6 Å². The monoisotopic (exact) mass is 408 g/mol. The summed E-state index contributed by atoms with van der Waals surface area (Å²) >= 11 is 0. The molecule has 0 bridgehead atoms. The molecule has 1 fully saturated rings. The van der Waals surface area contributed by atoms with Crippen LogP contribution in [0, 0.1) is 12.7 Å². The van der Waals surface area contributed by atoms with Crippen LogP contribution in [-0.4, -0.2) is 58.0 Å². The van der Waals surface area contributed by atoms with Crippen LogP contribution in [0.1, 0.15) is 11.1 Å². The molecule has 6 nitrogen and oxygen atoms in total. The number of halogens is 1. The van der Waals surface area contributed by atoms with E-state index in [1.807, 2.05) is 19.1 Å². The van der Waals surface area contributed by atoms with Gasteiger partial charge in [-0.25, -0.2) is 12.8 Å². The first-order valence-electron chi connectivity index (χ1n) is 9.04. The molecule has 0 saturated carbocycles. The number of rotatable bonds is 6. The zero-order valence-electron chi connectivity index (χ0n) is 16.3. The summed E-state index contributed by atoms with van der Waals surface area (Å²) in [6, 6.07) is 9.05. The van der Waals surface area contributed by atoms with E-state index in [1.54, 1.807) is 14.2 Å². The van der Waals surface area contributed by atoms with E-state index in [0.717, 1.165) is 17.2 Å². The lowest BCUT2D eigenvalue weighted by atomic mass is 10.1. The Morgan fingerprint density at radius 3 is 2.25 bits per heavy atom. The molecule has 1 heterocycles. The predicted molar refractivity (Wildman–Crippen MR) is 105 cm³/mol. The van der Waals surface area contributed by atoms with Crippen molar-refractivity contribution in [2.24, 2.45) is 0 Å². The number of sulfonamides is 1. The van der Waals surface area contributed by atoms with Gasteiger partial charge in [-0.05, 0) is 48.4 Å². The first-order chi connectivity index (χ1) is 13.3. The van der Waals surface area contributed by atoms with E-state index in [4.69, 9.17) is 9.47 Å². The van der Waals surface area contributed by atoms with E-state index in [0.29, 0.717) is 44.2 Å². The molecule has 0 aliphatic carbocycles. The molecule has 0 spiro atoms. The van der Waals surface area contributed by atoms with Crippen molar-refractivity contribution in [2.75, 3.05) is 40.4 Å². The van der Waals surface area contributed by atoms with Crippen LogP contribution in [0.5, 0.6) is 11.5 Å². The van der Waals surface area contributed by atoms with E-state index in [2.05, 4.69) is 4.90 Å². The van der Waals surface area contributed by atoms with Crippen LogP contribution in [0.2, 0.25) is 0 Å². The van der Waals surface area contributed by atoms with Crippen molar-refractivity contribution in [2.45, 2.75) is 18.4 Å². The maximum absolute atomic E-state index is 13.4. The van der Waals surface area contributed by atoms with Gasteiger partial charge in [0.05, 0.1) is 19.1 Å². The van der Waals surface area contributed by atoms with E-state index in [9.17, 15) is 12.8 Å². The molecule has 0 amide bonds. The Morgan fingerprint density at radius 2 is 1.64 bits per heavy atom. The maximum Gasteiger partial charge on any atom is 0.243 e. The summed E-state index contributed by atoms with van der Waals surface area (Å²) in [7, 11) is -0.468. The van der Waals surface area contributed by atoms with Gasteiger partial charge in [0.25, 0.3) is 0 Å². The molecular weight excluding hydrogens is 383 g/mol. The highest BCUT2D eigenvalue weighted by Crippen LogP contribution is 2.31. The van der Waals surface area contributed by atoms with Gasteiger partial charge < -0.3 is 9.47 Å². The predicted octanol–water partition coefficient (Wildman–Crippen LogP) is 2.66. The third kappa shape index (κ3) is 4.29. The fourth-order valence-electron chi connectivity index (χ4n) is 3.34. The van der Waals surface area contributed by atoms with Gasteiger partial charge in [0.15, 0.2) is 11.5 Å². The second-order valence-electron chi connectivity index (χ2n) is 6.77. The minimum Gasteiger partial charge on any atom is -0.493 e. The summed E-state index contributed by atoms with van der Waals surface area (Å²) in [6.45, 7) is 4.64. The molecule has 2 aromatic rings. The second-order valence-corrected chi connectivity index (χ2v) is 8.71. The molecule has 0 radical (unpaired) electrons. The third-order valence-electron chi connectivity index (χ3n) is 5.00. The topological polar surface area (TPSA) is 59.1 Å². The van der Waals surface area contributed by atoms with Crippen molar-refractivity contribution < 1.29 is 22.3 Å². The fraction of sp³-hybridized carbons (Fsp3) is 0.400. The number of aryl methyl sites for hydroxylation is 1. The molecule has 3 rings (SSSR count). The van der Waals surface area contributed by atoms with Gasteiger partial charge >= 0.3 is 0 Å². The fourth-order valence-corrected chi connectivity index (χ4v) is 4.79. The smallest absolute Gasteiger partial charge is 0.243 e. The number of piperazine rings is 1. The highest BCUT2D eigenvalue weighted by Gasteiger charge is 2.29. The van der Waals surface area contributed by atoms with Crippen molar-refractivity contribution in [3.8, 4) is 11.5 Å². The summed E-state index contributed by atoms with van der Waals surface area (Å²) in [5, 5.41) is 0. The number of hydrogen-bond donors (Lipinski definition) is 0. The van der Waals surface area contributed by atoms with E-state index in [1.165, 1.54) is 22.5 Å². The van der Waals surface area contributed by atoms with Crippen molar-refractivity contribution in [3.63, 3.8) is 0 Å². The van der Waals surface area contributed by atoms with Crippen LogP contribution >= 0.6 is 0 Å². The zero-order chi connectivity index (χ0) is 20.3. The molecule has 152 valence electrons. The first-order valence-corrected chi connectivity index (χ1v) is 10.5. The summed E-state index contributed by atoms with van der Waals surface area (Å²) in [6.07, 6.45) is 0. The Labute approximate surface area is 165 Å².